The Morgan fingerprint density at radius 3 is 0.725 bits per heavy atom. The lowest BCUT2D eigenvalue weighted by atomic mass is 9.75. The predicted molar refractivity (Wildman–Crippen MR) is 538 cm³/mol. The van der Waals surface area contributed by atoms with Crippen LogP contribution in [-0.2, 0) is 114 Å². The Balaban J connectivity index is 0.773. The van der Waals surface area contributed by atoms with Gasteiger partial charge in [-0.25, -0.2) is 16.8 Å². The minimum absolute atomic E-state index is 0.0205. The zero-order valence-electron chi connectivity index (χ0n) is 86.4. The number of carbonyl (C=O) groups excluding carboxylic acids is 6. The molecule has 0 fully saturated rings. The standard InChI is InChI=1S/C106H154N4O30S2/c1-67(49-125-71(5)53-129-75(9)57-133-79(13)61-137-83(17)65-139-81(15)63-135-77(11)59-131-73(7)55-127-69(3)51-123-43-41-121-19)107-39-45-141(117,118)87-29-25-27-85(47-87)105(115)109-95-37-35-89(97-99(95)103(113)93-33-23-21-31-91(93)101(97)111)90-36-38-96(100-98(90)102(112)92-32-22-24-34-94(92)104(100)114)110-106(116)86-28-26-30-88(48-86)142(119,120)46-40-108-68(2)50-126-72(6)54-130-76(10)58-134-80(14)62-138-84(18)66-140-82(16)64-136-78(12)60-132-74(8)56-128-70(4)52-124-44-42-122-20/h21-38,47-48,67-84,107-108H,39-46,49-66H2,1-20H3,(H,109,115)(H,110,116). The third kappa shape index (κ3) is 40.0. The minimum atomic E-state index is -4.02. The summed E-state index contributed by atoms with van der Waals surface area (Å²) in [4.78, 5) is 89.0. The summed E-state index contributed by atoms with van der Waals surface area (Å²) < 4.78 is 173. The van der Waals surface area contributed by atoms with E-state index < -0.39 is 54.6 Å². The molecular formula is C106H154N4O30S2. The summed E-state index contributed by atoms with van der Waals surface area (Å²) >= 11 is 0. The van der Waals surface area contributed by atoms with Crippen molar-refractivity contribution in [3.05, 3.63) is 177 Å². The molecular weight excluding hydrogens is 1870 g/mol. The molecule has 0 radical (unpaired) electrons. The second kappa shape index (κ2) is 61.5. The Bertz CT molecular complexity index is 4830. The maximum Gasteiger partial charge on any atom is 0.255 e. The summed E-state index contributed by atoms with van der Waals surface area (Å²) in [6.07, 6.45) is -2.86. The summed E-state index contributed by atoms with van der Waals surface area (Å²) in [6.45, 7) is 43.4. The van der Waals surface area contributed by atoms with Crippen LogP contribution < -0.4 is 21.3 Å². The molecule has 8 rings (SSSR count). The van der Waals surface area contributed by atoms with E-state index in [0.717, 1.165) is 0 Å². The van der Waals surface area contributed by atoms with Gasteiger partial charge in [0.15, 0.2) is 42.8 Å². The van der Waals surface area contributed by atoms with Crippen molar-refractivity contribution in [2.24, 2.45) is 0 Å². The van der Waals surface area contributed by atoms with Gasteiger partial charge < -0.3 is 116 Å². The third-order valence-corrected chi connectivity index (χ3v) is 26.5. The highest BCUT2D eigenvalue weighted by Crippen LogP contribution is 2.44. The maximum atomic E-state index is 15.2. The predicted octanol–water partition coefficient (Wildman–Crippen LogP) is 12.7. The van der Waals surface area contributed by atoms with E-state index in [-0.39, 0.29) is 249 Å². The Morgan fingerprint density at radius 1 is 0.261 bits per heavy atom. The third-order valence-electron chi connectivity index (χ3n) is 23.0. The molecule has 0 saturated carbocycles. The van der Waals surface area contributed by atoms with E-state index in [0.29, 0.717) is 119 Å². The van der Waals surface area contributed by atoms with Crippen molar-refractivity contribution in [1.82, 2.24) is 10.6 Å². The molecule has 36 heteroatoms. The van der Waals surface area contributed by atoms with E-state index >= 15 is 9.59 Å². The van der Waals surface area contributed by atoms with Gasteiger partial charge >= 0.3 is 0 Å². The molecule has 18 atom stereocenters. The molecule has 0 spiro atoms. The highest BCUT2D eigenvalue weighted by atomic mass is 32.2. The first-order chi connectivity index (χ1) is 67.8. The van der Waals surface area contributed by atoms with Gasteiger partial charge in [-0.2, -0.15) is 0 Å². The van der Waals surface area contributed by atoms with Crippen LogP contribution in [0.15, 0.2) is 131 Å². The van der Waals surface area contributed by atoms with Crippen molar-refractivity contribution in [3.8, 4) is 11.1 Å². The molecule has 0 heterocycles. The molecule has 2 amide bonds. The smallest absolute Gasteiger partial charge is 0.255 e. The van der Waals surface area contributed by atoms with Crippen molar-refractivity contribution in [3.63, 3.8) is 0 Å². The van der Waals surface area contributed by atoms with Crippen molar-refractivity contribution in [2.45, 2.75) is 244 Å². The monoisotopic (exact) mass is 2030 g/mol. The van der Waals surface area contributed by atoms with E-state index in [9.17, 15) is 36.0 Å². The Labute approximate surface area is 839 Å². The van der Waals surface area contributed by atoms with Crippen molar-refractivity contribution in [2.75, 3.05) is 195 Å². The summed E-state index contributed by atoms with van der Waals surface area (Å²) in [5.74, 6) is -4.96. The second-order valence-corrected chi connectivity index (χ2v) is 41.2. The zero-order valence-corrected chi connectivity index (χ0v) is 88.0. The van der Waals surface area contributed by atoms with Crippen LogP contribution in [-0.4, -0.2) is 346 Å². The SMILES string of the molecule is COCCOCC(C)OCC(C)OCC(C)OCC(C)OCC(C)OCC(C)OCC(C)OCC(C)OCC(C)NCCS(=O)(=O)c1cccc(C(=O)Nc2ccc(-c3ccc(NC(=O)c4cccc(S(=O)(=O)CCNC(C)COC(C)COC(C)COC(C)COC(C)COC(C)COC(C)COC(C)COC(C)COCCOC)c4)c4c3C(=O)c3ccccc3C4=O)c3c2C(=O)c2ccccc2C3=O)c1. The number of anilines is 2. The number of ether oxygens (including phenoxy) is 20. The minimum Gasteiger partial charge on any atom is -0.382 e. The topological polar surface area (TPSA) is 403 Å². The largest absolute Gasteiger partial charge is 0.382 e. The fourth-order valence-electron chi connectivity index (χ4n) is 14.8. The molecule has 0 aromatic heterocycles. The van der Waals surface area contributed by atoms with Gasteiger partial charge in [0.1, 0.15) is 0 Å². The Morgan fingerprint density at radius 2 is 0.486 bits per heavy atom. The van der Waals surface area contributed by atoms with Crippen LogP contribution >= 0.6 is 0 Å². The fraction of sp³-hybridized carbons (Fsp3) is 0.604. The molecule has 0 bridgehead atoms. The fourth-order valence-corrected chi connectivity index (χ4v) is 17.2. The van der Waals surface area contributed by atoms with Gasteiger partial charge in [-0.1, -0.05) is 72.8 Å². The van der Waals surface area contributed by atoms with Crippen LogP contribution in [0.1, 0.15) is 209 Å². The molecule has 0 saturated heterocycles. The van der Waals surface area contributed by atoms with E-state index in [4.69, 9.17) is 94.7 Å². The van der Waals surface area contributed by atoms with Gasteiger partial charge in [-0.05, 0) is 184 Å². The van der Waals surface area contributed by atoms with Crippen LogP contribution in [0, 0.1) is 0 Å². The van der Waals surface area contributed by atoms with Crippen molar-refractivity contribution < 1.29 is 140 Å². The van der Waals surface area contributed by atoms with Crippen molar-refractivity contribution >= 4 is 66.0 Å². The lowest BCUT2D eigenvalue weighted by Crippen LogP contribution is -2.36. The van der Waals surface area contributed by atoms with Gasteiger partial charge in [0.05, 0.1) is 287 Å². The van der Waals surface area contributed by atoms with Gasteiger partial charge in [0.2, 0.25) is 0 Å². The number of ketones is 4. The second-order valence-electron chi connectivity index (χ2n) is 37.0. The van der Waals surface area contributed by atoms with Crippen LogP contribution in [0.5, 0.6) is 0 Å². The van der Waals surface area contributed by atoms with E-state index in [2.05, 4.69) is 21.3 Å². The number of benzene rings is 6. The average Bonchev–Trinajstić information content (AvgIpc) is 0.715. The molecule has 4 N–H and O–H groups in total. The molecule has 18 unspecified atom stereocenters. The molecule has 0 aliphatic heterocycles. The summed E-state index contributed by atoms with van der Waals surface area (Å²) in [7, 11) is -4.76. The molecule has 790 valence electrons. The number of hydrogen-bond acceptors (Lipinski definition) is 32. The Hall–Kier alpha value is -8.04. The van der Waals surface area contributed by atoms with Crippen LogP contribution in [0.25, 0.3) is 11.1 Å². The van der Waals surface area contributed by atoms with Crippen molar-refractivity contribution in [1.29, 1.82) is 0 Å². The molecule has 6 aromatic rings. The first kappa shape index (κ1) is 119. The number of carbonyl (C=O) groups is 6. The van der Waals surface area contributed by atoms with Gasteiger partial charge in [-0.3, -0.25) is 28.8 Å². The normalized spacial score (nSPS) is 16.7. The summed E-state index contributed by atoms with van der Waals surface area (Å²) in [6, 6.07) is 28.2. The van der Waals surface area contributed by atoms with E-state index in [1.807, 2.05) is 125 Å². The van der Waals surface area contributed by atoms with E-state index in [1.54, 1.807) is 38.5 Å². The molecule has 34 nitrogen and oxygen atoms in total. The summed E-state index contributed by atoms with van der Waals surface area (Å²) in [5.41, 5.74) is -1.17. The van der Waals surface area contributed by atoms with Gasteiger partial charge in [-0.15, -0.1) is 0 Å². The Kier molecular flexibility index (Phi) is 51.7. The number of rotatable bonds is 73. The molecule has 6 aromatic carbocycles. The van der Waals surface area contributed by atoms with Crippen LogP contribution in [0.2, 0.25) is 0 Å². The number of hydrogen-bond donors (Lipinski definition) is 4. The molecule has 2 aliphatic carbocycles. The summed E-state index contributed by atoms with van der Waals surface area (Å²) in [5, 5.41) is 11.9. The van der Waals surface area contributed by atoms with Crippen LogP contribution in [0.3, 0.4) is 0 Å². The number of sulfone groups is 2. The number of amides is 2. The first-order valence-electron chi connectivity index (χ1n) is 49.2. The highest BCUT2D eigenvalue weighted by Gasteiger charge is 2.40. The number of nitrogens with one attached hydrogen (secondary N) is 4. The zero-order chi connectivity index (χ0) is 104. The van der Waals surface area contributed by atoms with Gasteiger partial charge in [0.25, 0.3) is 11.8 Å². The van der Waals surface area contributed by atoms with E-state index in [1.165, 1.54) is 97.1 Å². The quantitative estimate of drug-likeness (QED) is 0.0257. The van der Waals surface area contributed by atoms with Gasteiger partial charge in [0, 0.05) is 83.9 Å². The lowest BCUT2D eigenvalue weighted by Gasteiger charge is -2.26. The number of methoxy groups -OCH3 is 2. The first-order valence-corrected chi connectivity index (χ1v) is 52.5. The molecule has 142 heavy (non-hydrogen) atoms. The highest BCUT2D eigenvalue weighted by molar-refractivity contribution is 7.91. The lowest BCUT2D eigenvalue weighted by molar-refractivity contribution is -0.110. The number of fused-ring (bicyclic) bond motifs is 4. The average molecular weight is 2030 g/mol. The maximum absolute atomic E-state index is 15.2. The van der Waals surface area contributed by atoms with Crippen LogP contribution in [0.4, 0.5) is 11.4 Å². The molecule has 2 aliphatic rings.